The fraction of sp³-hybridized carbons (Fsp3) is 0. The minimum atomic E-state index is 0.794. The number of rotatable bonds is 1. The molecule has 0 aliphatic rings. The molecule has 0 bridgehead atoms. The van der Waals surface area contributed by atoms with Gasteiger partial charge in [-0.3, -0.25) is 0 Å². The van der Waals surface area contributed by atoms with E-state index >= 15 is 0 Å². The highest BCUT2D eigenvalue weighted by Gasteiger charge is 1.93. The van der Waals surface area contributed by atoms with Crippen LogP contribution in [0.3, 0.4) is 0 Å². The third-order valence-corrected chi connectivity index (χ3v) is 1.83. The van der Waals surface area contributed by atoms with Crippen LogP contribution < -0.4 is 0 Å². The second kappa shape index (κ2) is 3.12. The molecule has 0 heterocycles. The van der Waals surface area contributed by atoms with E-state index in [2.05, 4.69) is 25.3 Å². The molecule has 1 N–H and O–H groups in total. The van der Waals surface area contributed by atoms with E-state index in [1.54, 1.807) is 0 Å². The van der Waals surface area contributed by atoms with Gasteiger partial charge in [-0.2, -0.15) is 0 Å². The summed E-state index contributed by atoms with van der Waals surface area (Å²) in [5.41, 5.74) is 0.820. The molecular weight excluding hydrogens is 162 g/mol. The number of nitrogens with one attached hydrogen (secondary N) is 1. The maximum atomic E-state index is 6.96. The van der Waals surface area contributed by atoms with Gasteiger partial charge in [0.25, 0.3) is 0 Å². The minimum absolute atomic E-state index is 0.794. The van der Waals surface area contributed by atoms with Crippen LogP contribution in [0.5, 0.6) is 0 Å². The van der Waals surface area contributed by atoms with E-state index < -0.39 is 0 Å². The number of hydrogen-bond acceptors (Lipinski definition) is 3. The summed E-state index contributed by atoms with van der Waals surface area (Å²) in [5.74, 6) is 0. The van der Waals surface area contributed by atoms with Crippen LogP contribution in [0, 0.1) is 5.41 Å². The highest BCUT2D eigenvalue weighted by atomic mass is 32.1. The molecule has 52 valence electrons. The number of hydrogen-bond donors (Lipinski definition) is 3. The lowest BCUT2D eigenvalue weighted by Gasteiger charge is -1.97. The minimum Gasteiger partial charge on any atom is -0.308 e. The fourth-order valence-corrected chi connectivity index (χ4v) is 1.24. The molecule has 3 heteroatoms. The van der Waals surface area contributed by atoms with E-state index in [0.29, 0.717) is 0 Å². The molecule has 1 aromatic carbocycles. The van der Waals surface area contributed by atoms with Crippen molar-refractivity contribution in [3.63, 3.8) is 0 Å². The zero-order valence-electron chi connectivity index (χ0n) is 5.20. The Hall–Kier alpha value is -0.410. The molecule has 0 radical (unpaired) electrons. The van der Waals surface area contributed by atoms with Crippen molar-refractivity contribution in [1.29, 1.82) is 5.41 Å². The standard InChI is InChI=1S/C7H7NS2/c8-4-5-1-2-6(9)3-7(5)10/h1-4,8-10H. The Morgan fingerprint density at radius 2 is 2.00 bits per heavy atom. The SMILES string of the molecule is N=Cc1ccc(S)cc1S. The van der Waals surface area contributed by atoms with Crippen LogP contribution in [-0.4, -0.2) is 6.21 Å². The summed E-state index contributed by atoms with van der Waals surface area (Å²) >= 11 is 8.26. The molecule has 1 rings (SSSR count). The van der Waals surface area contributed by atoms with E-state index in [0.717, 1.165) is 15.4 Å². The molecule has 0 amide bonds. The highest BCUT2D eigenvalue weighted by molar-refractivity contribution is 7.81. The average Bonchev–Trinajstić information content (AvgIpc) is 1.88. The van der Waals surface area contributed by atoms with Gasteiger partial charge in [-0.25, -0.2) is 0 Å². The summed E-state index contributed by atoms with van der Waals surface area (Å²) in [6.07, 6.45) is 1.27. The van der Waals surface area contributed by atoms with Gasteiger partial charge in [-0.1, -0.05) is 6.07 Å². The first kappa shape index (κ1) is 7.69. The van der Waals surface area contributed by atoms with Gasteiger partial charge >= 0.3 is 0 Å². The zero-order chi connectivity index (χ0) is 7.56. The van der Waals surface area contributed by atoms with Crippen LogP contribution in [0.2, 0.25) is 0 Å². The Bertz CT molecular complexity index is 258. The first-order valence-corrected chi connectivity index (χ1v) is 3.66. The summed E-state index contributed by atoms with van der Waals surface area (Å²) in [5, 5.41) is 6.96. The molecule has 0 unspecified atom stereocenters. The second-order valence-electron chi connectivity index (χ2n) is 1.89. The third-order valence-electron chi connectivity index (χ3n) is 1.17. The molecule has 0 aromatic heterocycles. The van der Waals surface area contributed by atoms with Crippen LogP contribution in [0.1, 0.15) is 5.56 Å². The first-order valence-electron chi connectivity index (χ1n) is 2.76. The Balaban J connectivity index is 3.19. The van der Waals surface area contributed by atoms with Crippen molar-refractivity contribution < 1.29 is 0 Å². The molecular formula is C7H7NS2. The maximum Gasteiger partial charge on any atom is 0.0261 e. The van der Waals surface area contributed by atoms with Crippen LogP contribution >= 0.6 is 25.3 Å². The van der Waals surface area contributed by atoms with E-state index in [9.17, 15) is 0 Å². The maximum absolute atomic E-state index is 6.96. The Morgan fingerprint density at radius 1 is 1.30 bits per heavy atom. The van der Waals surface area contributed by atoms with Gasteiger partial charge in [0.15, 0.2) is 0 Å². The molecule has 1 aromatic rings. The normalized spacial score (nSPS) is 9.40. The monoisotopic (exact) mass is 169 g/mol. The van der Waals surface area contributed by atoms with Gasteiger partial charge in [0.1, 0.15) is 0 Å². The Kier molecular flexibility index (Phi) is 2.40. The van der Waals surface area contributed by atoms with Gasteiger partial charge in [0.2, 0.25) is 0 Å². The third kappa shape index (κ3) is 1.55. The van der Waals surface area contributed by atoms with Crippen molar-refractivity contribution in [1.82, 2.24) is 0 Å². The Morgan fingerprint density at radius 3 is 2.50 bits per heavy atom. The largest absolute Gasteiger partial charge is 0.308 e. The highest BCUT2D eigenvalue weighted by Crippen LogP contribution is 2.16. The zero-order valence-corrected chi connectivity index (χ0v) is 6.99. The van der Waals surface area contributed by atoms with E-state index in [1.165, 1.54) is 6.21 Å². The lowest BCUT2D eigenvalue weighted by molar-refractivity contribution is 1.32. The predicted octanol–water partition coefficient (Wildman–Crippen LogP) is 2.26. The van der Waals surface area contributed by atoms with Gasteiger partial charge < -0.3 is 5.41 Å². The summed E-state index contributed by atoms with van der Waals surface area (Å²) in [6.45, 7) is 0. The van der Waals surface area contributed by atoms with E-state index in [1.807, 2.05) is 18.2 Å². The summed E-state index contributed by atoms with van der Waals surface area (Å²) in [6, 6.07) is 5.47. The van der Waals surface area contributed by atoms with Gasteiger partial charge in [0, 0.05) is 21.6 Å². The first-order chi connectivity index (χ1) is 4.74. The average molecular weight is 169 g/mol. The fourth-order valence-electron chi connectivity index (χ4n) is 0.654. The lowest BCUT2D eigenvalue weighted by Crippen LogP contribution is -1.80. The van der Waals surface area contributed by atoms with Crippen LogP contribution in [-0.2, 0) is 0 Å². The van der Waals surface area contributed by atoms with Crippen LogP contribution in [0.4, 0.5) is 0 Å². The number of thiol groups is 2. The molecule has 10 heavy (non-hydrogen) atoms. The predicted molar refractivity (Wildman–Crippen MR) is 48.8 cm³/mol. The summed E-state index contributed by atoms with van der Waals surface area (Å²) < 4.78 is 0. The molecule has 0 spiro atoms. The molecule has 0 saturated heterocycles. The molecule has 0 atom stereocenters. The van der Waals surface area contributed by atoms with Gasteiger partial charge in [-0.15, -0.1) is 25.3 Å². The van der Waals surface area contributed by atoms with E-state index in [4.69, 9.17) is 5.41 Å². The van der Waals surface area contributed by atoms with Gasteiger partial charge in [0.05, 0.1) is 0 Å². The molecule has 1 nitrogen and oxygen atoms in total. The number of benzene rings is 1. The van der Waals surface area contributed by atoms with E-state index in [-0.39, 0.29) is 0 Å². The van der Waals surface area contributed by atoms with Crippen molar-refractivity contribution in [3.05, 3.63) is 23.8 Å². The van der Waals surface area contributed by atoms with Crippen molar-refractivity contribution in [2.24, 2.45) is 0 Å². The van der Waals surface area contributed by atoms with Crippen molar-refractivity contribution in [2.75, 3.05) is 0 Å². The van der Waals surface area contributed by atoms with Gasteiger partial charge in [-0.05, 0) is 12.1 Å². The molecule has 0 saturated carbocycles. The lowest BCUT2D eigenvalue weighted by atomic mass is 10.2. The van der Waals surface area contributed by atoms with Crippen molar-refractivity contribution >= 4 is 31.5 Å². The van der Waals surface area contributed by atoms with Crippen molar-refractivity contribution in [3.8, 4) is 0 Å². The van der Waals surface area contributed by atoms with Crippen LogP contribution in [0.25, 0.3) is 0 Å². The summed E-state index contributed by atoms with van der Waals surface area (Å²) in [4.78, 5) is 1.66. The second-order valence-corrected chi connectivity index (χ2v) is 2.89. The van der Waals surface area contributed by atoms with Crippen molar-refractivity contribution in [2.45, 2.75) is 9.79 Å². The molecule has 0 aliphatic carbocycles. The Labute approximate surface area is 70.8 Å². The topological polar surface area (TPSA) is 23.9 Å². The molecule has 0 aliphatic heterocycles. The smallest absolute Gasteiger partial charge is 0.0261 e. The van der Waals surface area contributed by atoms with Crippen LogP contribution in [0.15, 0.2) is 28.0 Å². The molecule has 0 fully saturated rings. The quantitative estimate of drug-likeness (QED) is 0.424. The summed E-state index contributed by atoms with van der Waals surface area (Å²) in [7, 11) is 0.